The van der Waals surface area contributed by atoms with Crippen molar-refractivity contribution in [1.29, 1.82) is 0 Å². The number of fused-ring (bicyclic) bond motifs is 3. The zero-order valence-electron chi connectivity index (χ0n) is 16.9. The molecule has 5 rings (SSSR count). The molecule has 0 fully saturated rings. The summed E-state index contributed by atoms with van der Waals surface area (Å²) in [6.07, 6.45) is 0. The van der Waals surface area contributed by atoms with E-state index in [1.54, 1.807) is 0 Å². The van der Waals surface area contributed by atoms with Crippen molar-refractivity contribution in [3.63, 3.8) is 0 Å². The molecule has 0 radical (unpaired) electrons. The van der Waals surface area contributed by atoms with Crippen molar-refractivity contribution in [3.8, 4) is 22.6 Å². The van der Waals surface area contributed by atoms with E-state index in [9.17, 15) is 4.79 Å². The average molecular weight is 434 g/mol. The molecule has 0 saturated carbocycles. The molecule has 0 atom stereocenters. The van der Waals surface area contributed by atoms with E-state index in [0.717, 1.165) is 33.5 Å². The Morgan fingerprint density at radius 3 is 2.58 bits per heavy atom. The van der Waals surface area contributed by atoms with Crippen molar-refractivity contribution >= 4 is 28.3 Å². The van der Waals surface area contributed by atoms with Gasteiger partial charge in [0.15, 0.2) is 6.73 Å². The highest BCUT2D eigenvalue weighted by atomic mass is 35.5. The van der Waals surface area contributed by atoms with Crippen LogP contribution in [0.5, 0.6) is 11.5 Å². The van der Waals surface area contributed by atoms with Crippen molar-refractivity contribution in [2.45, 2.75) is 13.5 Å². The quantitative estimate of drug-likeness (QED) is 0.377. The van der Waals surface area contributed by atoms with Gasteiger partial charge in [-0.25, -0.2) is 4.79 Å². The third kappa shape index (κ3) is 3.62. The molecule has 1 aliphatic rings. The summed E-state index contributed by atoms with van der Waals surface area (Å²) in [5.41, 5.74) is 3.54. The van der Waals surface area contributed by atoms with Crippen LogP contribution in [-0.4, -0.2) is 13.3 Å². The fraction of sp³-hybridized carbons (Fsp3) is 0.160. The van der Waals surface area contributed by atoms with E-state index in [0.29, 0.717) is 36.2 Å². The van der Waals surface area contributed by atoms with E-state index in [1.807, 2.05) is 67.6 Å². The molecule has 0 saturated heterocycles. The van der Waals surface area contributed by atoms with Crippen LogP contribution in [0, 0.1) is 0 Å². The summed E-state index contributed by atoms with van der Waals surface area (Å²) in [6.45, 7) is 3.42. The van der Waals surface area contributed by atoms with E-state index in [4.69, 9.17) is 25.5 Å². The number of benzene rings is 3. The Morgan fingerprint density at radius 1 is 1.06 bits per heavy atom. The normalized spacial score (nSPS) is 13.0. The van der Waals surface area contributed by atoms with Gasteiger partial charge in [-0.2, -0.15) is 0 Å². The number of halogens is 1. The van der Waals surface area contributed by atoms with Crippen molar-refractivity contribution in [2.24, 2.45) is 0 Å². The van der Waals surface area contributed by atoms with Crippen LogP contribution >= 0.6 is 11.6 Å². The molecule has 0 bridgehead atoms. The van der Waals surface area contributed by atoms with E-state index in [1.165, 1.54) is 6.07 Å². The predicted molar refractivity (Wildman–Crippen MR) is 122 cm³/mol. The molecule has 5 nitrogen and oxygen atoms in total. The first-order valence-corrected chi connectivity index (χ1v) is 10.5. The minimum atomic E-state index is -0.408. The first-order valence-electron chi connectivity index (χ1n) is 10.1. The van der Waals surface area contributed by atoms with Crippen molar-refractivity contribution in [2.75, 3.05) is 18.2 Å². The lowest BCUT2D eigenvalue weighted by Crippen LogP contribution is -2.32. The lowest BCUT2D eigenvalue weighted by Gasteiger charge is -2.31. The Labute approximate surface area is 184 Å². The molecule has 3 aromatic carbocycles. The second-order valence-corrected chi connectivity index (χ2v) is 7.69. The first kappa shape index (κ1) is 19.5. The van der Waals surface area contributed by atoms with Gasteiger partial charge in [0.2, 0.25) is 0 Å². The van der Waals surface area contributed by atoms with Gasteiger partial charge in [-0.3, -0.25) is 0 Å². The third-order valence-corrected chi connectivity index (χ3v) is 5.63. The second kappa shape index (κ2) is 8.00. The Morgan fingerprint density at radius 2 is 1.84 bits per heavy atom. The Balaban J connectivity index is 1.62. The summed E-state index contributed by atoms with van der Waals surface area (Å²) in [5.74, 6) is 1.38. The molecule has 0 aliphatic carbocycles. The molecule has 31 heavy (non-hydrogen) atoms. The van der Waals surface area contributed by atoms with Gasteiger partial charge in [0.05, 0.1) is 23.7 Å². The lowest BCUT2D eigenvalue weighted by molar-refractivity contribution is 0.289. The van der Waals surface area contributed by atoms with Gasteiger partial charge in [-0.1, -0.05) is 41.9 Å². The predicted octanol–water partition coefficient (Wildman–Crippen LogP) is 5.87. The summed E-state index contributed by atoms with van der Waals surface area (Å²) in [7, 11) is 0. The minimum Gasteiger partial charge on any atom is -0.494 e. The first-order chi connectivity index (χ1) is 15.1. The van der Waals surface area contributed by atoms with E-state index in [-0.39, 0.29) is 0 Å². The highest BCUT2D eigenvalue weighted by molar-refractivity contribution is 6.33. The second-order valence-electron chi connectivity index (χ2n) is 7.29. The van der Waals surface area contributed by atoms with E-state index < -0.39 is 5.63 Å². The number of rotatable bonds is 4. The van der Waals surface area contributed by atoms with Crippen LogP contribution in [0.3, 0.4) is 0 Å². The summed E-state index contributed by atoms with van der Waals surface area (Å²) in [6, 6.07) is 20.9. The van der Waals surface area contributed by atoms with Crippen molar-refractivity contribution < 1.29 is 13.9 Å². The van der Waals surface area contributed by atoms with Gasteiger partial charge in [0.1, 0.15) is 17.1 Å². The third-order valence-electron chi connectivity index (χ3n) is 5.35. The number of anilines is 1. The topological polar surface area (TPSA) is 51.9 Å². The molecular weight excluding hydrogens is 414 g/mol. The van der Waals surface area contributed by atoms with Crippen molar-refractivity contribution in [3.05, 3.63) is 87.7 Å². The molecular formula is C25H20ClNO4. The monoisotopic (exact) mass is 433 g/mol. The maximum atomic E-state index is 12.4. The molecule has 0 spiro atoms. The number of hydrogen-bond donors (Lipinski definition) is 0. The molecule has 156 valence electrons. The highest BCUT2D eigenvalue weighted by Gasteiger charge is 2.26. The molecule has 1 aromatic heterocycles. The number of hydrogen-bond acceptors (Lipinski definition) is 5. The summed E-state index contributed by atoms with van der Waals surface area (Å²) >= 11 is 6.59. The maximum Gasteiger partial charge on any atom is 0.336 e. The molecule has 0 unspecified atom stereocenters. The molecule has 4 aromatic rings. The van der Waals surface area contributed by atoms with E-state index >= 15 is 0 Å². The zero-order chi connectivity index (χ0) is 21.4. The van der Waals surface area contributed by atoms with Crippen molar-refractivity contribution in [1.82, 2.24) is 0 Å². The van der Waals surface area contributed by atoms with Crippen LogP contribution in [0.4, 0.5) is 5.69 Å². The van der Waals surface area contributed by atoms with Crippen LogP contribution in [-0.2, 0) is 6.54 Å². The molecule has 0 N–H and O–H groups in total. The van der Waals surface area contributed by atoms with Crippen LogP contribution in [0.1, 0.15) is 12.5 Å². The minimum absolute atomic E-state index is 0.342. The lowest BCUT2D eigenvalue weighted by atomic mass is 9.99. The van der Waals surface area contributed by atoms with E-state index in [2.05, 4.69) is 4.90 Å². The molecule has 6 heteroatoms. The summed E-state index contributed by atoms with van der Waals surface area (Å²) in [5, 5.41) is 1.28. The molecule has 0 amide bonds. The van der Waals surface area contributed by atoms with Crippen LogP contribution in [0.2, 0.25) is 5.02 Å². The maximum absolute atomic E-state index is 12.4. The van der Waals surface area contributed by atoms with Crippen LogP contribution < -0.4 is 20.0 Å². The Kier molecular flexibility index (Phi) is 5.04. The van der Waals surface area contributed by atoms with Gasteiger partial charge < -0.3 is 18.8 Å². The fourth-order valence-electron chi connectivity index (χ4n) is 3.93. The molecule has 1 aliphatic heterocycles. The average Bonchev–Trinajstić information content (AvgIpc) is 2.80. The van der Waals surface area contributed by atoms with Gasteiger partial charge in [-0.15, -0.1) is 0 Å². The number of ether oxygens (including phenoxy) is 2. The largest absolute Gasteiger partial charge is 0.494 e. The van der Waals surface area contributed by atoms with Gasteiger partial charge in [0, 0.05) is 17.1 Å². The summed E-state index contributed by atoms with van der Waals surface area (Å²) < 4.78 is 17.2. The standard InChI is InChI=1S/C25H20ClNO4/c1-2-29-18-10-8-17(9-11-18)27-14-21-24-20(12-22(26)25(21)30-15-27)19(13-23(28)31-24)16-6-4-3-5-7-16/h3-13H,2,14-15H2,1H3. The fourth-order valence-corrected chi connectivity index (χ4v) is 4.21. The van der Waals surface area contributed by atoms with Gasteiger partial charge >= 0.3 is 5.63 Å². The smallest absolute Gasteiger partial charge is 0.336 e. The zero-order valence-corrected chi connectivity index (χ0v) is 17.7. The Hall–Kier alpha value is -3.44. The van der Waals surface area contributed by atoms with Gasteiger partial charge in [0.25, 0.3) is 0 Å². The number of nitrogens with zero attached hydrogens (tertiary/aromatic N) is 1. The van der Waals surface area contributed by atoms with Crippen LogP contribution in [0.25, 0.3) is 22.1 Å². The van der Waals surface area contributed by atoms with Gasteiger partial charge in [-0.05, 0) is 48.4 Å². The van der Waals surface area contributed by atoms with Crippen LogP contribution in [0.15, 0.2) is 75.9 Å². The highest BCUT2D eigenvalue weighted by Crippen LogP contribution is 2.42. The molecule has 2 heterocycles. The SMILES string of the molecule is CCOc1ccc(N2COc3c(Cl)cc4c(-c5ccccc5)cc(=O)oc4c3C2)cc1. The Bertz CT molecular complexity index is 1300. The summed E-state index contributed by atoms with van der Waals surface area (Å²) in [4.78, 5) is 14.5.